The molecule has 0 radical (unpaired) electrons. The maximum atomic E-state index is 15.3. The second-order valence-electron chi connectivity index (χ2n) is 12.6. The third kappa shape index (κ3) is 7.50. The van der Waals surface area contributed by atoms with Crippen LogP contribution in [0.1, 0.15) is 73.5 Å². The van der Waals surface area contributed by atoms with E-state index in [-0.39, 0.29) is 11.8 Å². The number of nitrogens with zero attached hydrogens (tertiary/aromatic N) is 4. The molecule has 2 amide bonds. The number of carbonyl (C=O) groups is 2. The number of aromatic nitrogens is 2. The Bertz CT molecular complexity index is 1480. The summed E-state index contributed by atoms with van der Waals surface area (Å²) in [6.45, 7) is 7.74. The molecule has 2 atom stereocenters. The molecule has 9 nitrogen and oxygen atoms in total. The topological polar surface area (TPSA) is 96.9 Å². The van der Waals surface area contributed by atoms with Crippen LogP contribution in [0.15, 0.2) is 54.6 Å². The largest absolute Gasteiger partial charge is 0.457 e. The summed E-state index contributed by atoms with van der Waals surface area (Å²) >= 11 is 0. The van der Waals surface area contributed by atoms with Crippen LogP contribution in [0.2, 0.25) is 0 Å². The first-order chi connectivity index (χ1) is 21.8. The number of hydrogen-bond acceptors (Lipinski definition) is 7. The van der Waals surface area contributed by atoms with Gasteiger partial charge in [0.15, 0.2) is 0 Å². The predicted molar refractivity (Wildman–Crippen MR) is 169 cm³/mol. The molecule has 2 unspecified atom stereocenters. The average Bonchev–Trinajstić information content (AvgIpc) is 3.47. The number of carbonyl (C=O) groups excluding carboxylic acids is 2. The van der Waals surface area contributed by atoms with Crippen molar-refractivity contribution in [3.63, 3.8) is 0 Å². The molecule has 0 saturated carbocycles. The first kappa shape index (κ1) is 31.1. The molecule has 3 aliphatic rings. The summed E-state index contributed by atoms with van der Waals surface area (Å²) in [6, 6.07) is 16.5. The Balaban J connectivity index is 1.16. The van der Waals surface area contributed by atoms with Gasteiger partial charge in [0.25, 0.3) is 5.91 Å². The Morgan fingerprint density at radius 2 is 1.84 bits per heavy atom. The minimum atomic E-state index is -1.15. The second-order valence-corrected chi connectivity index (χ2v) is 12.6. The maximum absolute atomic E-state index is 15.3. The number of amides is 2. The molecular weight excluding hydrogens is 573 g/mol. The Kier molecular flexibility index (Phi) is 9.70. The smallest absolute Gasteiger partial charge is 0.251 e. The minimum absolute atomic E-state index is 0.109. The SMILES string of the molecule is CC(C)c1ccc(-c2ccc(Oc3cc(C(=O)NC4CCN(C5CCOCC5)CC4F)ccc3CN3CCCC3=O)cc2)nn1. The molecule has 238 valence electrons. The summed E-state index contributed by atoms with van der Waals surface area (Å²) in [5.41, 5.74) is 3.80. The van der Waals surface area contributed by atoms with Crippen molar-refractivity contribution in [1.82, 2.24) is 25.3 Å². The summed E-state index contributed by atoms with van der Waals surface area (Å²) in [5, 5.41) is 11.6. The van der Waals surface area contributed by atoms with Gasteiger partial charge < -0.3 is 19.7 Å². The van der Waals surface area contributed by atoms with Crippen molar-refractivity contribution in [3.8, 4) is 22.8 Å². The van der Waals surface area contributed by atoms with Gasteiger partial charge in [-0.1, -0.05) is 19.9 Å². The fraction of sp³-hybridized carbons (Fsp3) is 0.486. The van der Waals surface area contributed by atoms with Crippen LogP contribution in [-0.2, 0) is 16.1 Å². The van der Waals surface area contributed by atoms with Crippen molar-refractivity contribution in [2.75, 3.05) is 32.8 Å². The van der Waals surface area contributed by atoms with E-state index in [0.29, 0.717) is 61.5 Å². The quantitative estimate of drug-likeness (QED) is 0.340. The van der Waals surface area contributed by atoms with Gasteiger partial charge in [-0.15, -0.1) is 0 Å². The standard InChI is InChI=1S/C35H42FN5O4/c1-23(2)30-11-12-31(39-38-30)24-7-9-28(10-8-24)45-33-20-25(5-6-26(33)21-41-16-3-4-34(41)42)35(43)37-32-13-17-40(22-29(32)36)27-14-18-44-19-15-27/h5-12,20,23,27,29,32H,3-4,13-19,21-22H2,1-2H3,(H,37,43). The highest BCUT2D eigenvalue weighted by Crippen LogP contribution is 2.31. The first-order valence-electron chi connectivity index (χ1n) is 16.1. The molecule has 1 aromatic heterocycles. The number of likely N-dealkylation sites (tertiary alicyclic amines) is 2. The summed E-state index contributed by atoms with van der Waals surface area (Å²) < 4.78 is 27.1. The fourth-order valence-electron chi connectivity index (χ4n) is 6.35. The van der Waals surface area contributed by atoms with E-state index >= 15 is 4.39 Å². The van der Waals surface area contributed by atoms with Crippen LogP contribution in [0.4, 0.5) is 4.39 Å². The number of rotatable bonds is 9. The van der Waals surface area contributed by atoms with Gasteiger partial charge in [0, 0.05) is 68.5 Å². The lowest BCUT2D eigenvalue weighted by Gasteiger charge is -2.40. The van der Waals surface area contributed by atoms with Crippen LogP contribution < -0.4 is 10.1 Å². The van der Waals surface area contributed by atoms with Gasteiger partial charge in [0.1, 0.15) is 17.7 Å². The van der Waals surface area contributed by atoms with E-state index in [1.165, 1.54) is 0 Å². The number of halogens is 1. The van der Waals surface area contributed by atoms with E-state index in [2.05, 4.69) is 34.3 Å². The zero-order valence-electron chi connectivity index (χ0n) is 26.1. The Morgan fingerprint density at radius 3 is 2.51 bits per heavy atom. The number of nitrogens with one attached hydrogen (secondary N) is 1. The van der Waals surface area contributed by atoms with Crippen molar-refractivity contribution in [3.05, 3.63) is 71.4 Å². The van der Waals surface area contributed by atoms with Crippen molar-refractivity contribution < 1.29 is 23.5 Å². The van der Waals surface area contributed by atoms with Crippen molar-refractivity contribution >= 4 is 11.8 Å². The van der Waals surface area contributed by atoms with Gasteiger partial charge in [-0.2, -0.15) is 10.2 Å². The summed E-state index contributed by atoms with van der Waals surface area (Å²) in [4.78, 5) is 29.8. The van der Waals surface area contributed by atoms with Gasteiger partial charge in [-0.25, -0.2) is 4.39 Å². The van der Waals surface area contributed by atoms with Crippen LogP contribution in [0.5, 0.6) is 11.5 Å². The average molecular weight is 616 g/mol. The Hall–Kier alpha value is -3.89. The van der Waals surface area contributed by atoms with E-state index in [9.17, 15) is 9.59 Å². The highest BCUT2D eigenvalue weighted by atomic mass is 19.1. The molecule has 4 heterocycles. The van der Waals surface area contributed by atoms with E-state index in [4.69, 9.17) is 9.47 Å². The fourth-order valence-corrected chi connectivity index (χ4v) is 6.35. The van der Waals surface area contributed by atoms with Crippen LogP contribution >= 0.6 is 0 Å². The number of piperidine rings is 1. The molecule has 3 fully saturated rings. The van der Waals surface area contributed by atoms with Crippen LogP contribution in [0.3, 0.4) is 0 Å². The van der Waals surface area contributed by atoms with Crippen LogP contribution in [-0.4, -0.2) is 82.9 Å². The van der Waals surface area contributed by atoms with E-state index in [1.807, 2.05) is 47.4 Å². The molecule has 3 aromatic rings. The Labute approximate surface area is 264 Å². The van der Waals surface area contributed by atoms with E-state index in [1.54, 1.807) is 12.1 Å². The predicted octanol–water partition coefficient (Wildman–Crippen LogP) is 5.50. The zero-order chi connectivity index (χ0) is 31.3. The monoisotopic (exact) mass is 615 g/mol. The van der Waals surface area contributed by atoms with Crippen molar-refractivity contribution in [2.45, 2.75) is 76.7 Å². The summed E-state index contributed by atoms with van der Waals surface area (Å²) in [5.74, 6) is 1.15. The molecule has 2 aromatic carbocycles. The molecule has 3 aliphatic heterocycles. The molecule has 45 heavy (non-hydrogen) atoms. The molecule has 6 rings (SSSR count). The van der Waals surface area contributed by atoms with Crippen molar-refractivity contribution in [2.24, 2.45) is 0 Å². The third-order valence-electron chi connectivity index (χ3n) is 9.11. The number of hydrogen-bond donors (Lipinski definition) is 1. The van der Waals surface area contributed by atoms with Crippen LogP contribution in [0, 0.1) is 0 Å². The molecule has 10 heteroatoms. The maximum Gasteiger partial charge on any atom is 0.251 e. The van der Waals surface area contributed by atoms with Gasteiger partial charge >= 0.3 is 0 Å². The summed E-state index contributed by atoms with van der Waals surface area (Å²) in [6.07, 6.45) is 2.62. The van der Waals surface area contributed by atoms with E-state index in [0.717, 1.165) is 61.5 Å². The number of benzene rings is 2. The van der Waals surface area contributed by atoms with Gasteiger partial charge in [0.2, 0.25) is 5.91 Å². The molecular formula is C35H42FN5O4. The Morgan fingerprint density at radius 1 is 1.04 bits per heavy atom. The molecule has 3 saturated heterocycles. The van der Waals surface area contributed by atoms with Gasteiger partial charge in [-0.05, 0) is 80.1 Å². The molecule has 0 aliphatic carbocycles. The highest BCUT2D eigenvalue weighted by Gasteiger charge is 2.34. The lowest BCUT2D eigenvalue weighted by Crippen LogP contribution is -2.55. The third-order valence-corrected chi connectivity index (χ3v) is 9.11. The lowest BCUT2D eigenvalue weighted by atomic mass is 9.98. The number of alkyl halides is 1. The van der Waals surface area contributed by atoms with E-state index < -0.39 is 12.2 Å². The lowest BCUT2D eigenvalue weighted by molar-refractivity contribution is -0.128. The normalized spacial score (nSPS) is 21.3. The van der Waals surface area contributed by atoms with Crippen LogP contribution in [0.25, 0.3) is 11.3 Å². The number of ether oxygens (including phenoxy) is 2. The molecule has 0 spiro atoms. The molecule has 0 bridgehead atoms. The summed E-state index contributed by atoms with van der Waals surface area (Å²) in [7, 11) is 0. The van der Waals surface area contributed by atoms with Crippen molar-refractivity contribution in [1.29, 1.82) is 0 Å². The minimum Gasteiger partial charge on any atom is -0.457 e. The zero-order valence-corrected chi connectivity index (χ0v) is 26.1. The second kappa shape index (κ2) is 14.0. The first-order valence-corrected chi connectivity index (χ1v) is 16.1. The highest BCUT2D eigenvalue weighted by molar-refractivity contribution is 5.95. The molecule has 1 N–H and O–H groups in total. The van der Waals surface area contributed by atoms with Gasteiger partial charge in [0.05, 0.1) is 17.4 Å². The van der Waals surface area contributed by atoms with Gasteiger partial charge in [-0.3, -0.25) is 14.5 Å².